The van der Waals surface area contributed by atoms with E-state index in [2.05, 4.69) is 19.2 Å². The Morgan fingerprint density at radius 3 is 2.24 bits per heavy atom. The van der Waals surface area contributed by atoms with Gasteiger partial charge in [0, 0.05) is 36.1 Å². The zero-order valence-corrected chi connectivity index (χ0v) is 17.9. The van der Waals surface area contributed by atoms with Gasteiger partial charge in [0.25, 0.3) is 5.91 Å². The summed E-state index contributed by atoms with van der Waals surface area (Å²) in [5, 5.41) is 3.82. The summed E-state index contributed by atoms with van der Waals surface area (Å²) in [5.41, 5.74) is 3.08. The van der Waals surface area contributed by atoms with Gasteiger partial charge in [0.2, 0.25) is 5.91 Å². The molecule has 1 heterocycles. The van der Waals surface area contributed by atoms with Crippen molar-refractivity contribution in [2.45, 2.75) is 51.5 Å². The molecule has 0 aliphatic carbocycles. The van der Waals surface area contributed by atoms with Crippen LogP contribution >= 0.6 is 11.6 Å². The summed E-state index contributed by atoms with van der Waals surface area (Å²) in [4.78, 5) is 26.9. The monoisotopic (exact) mass is 412 g/mol. The van der Waals surface area contributed by atoms with Gasteiger partial charge in [-0.2, -0.15) is 0 Å². The first kappa shape index (κ1) is 21.4. The van der Waals surface area contributed by atoms with Gasteiger partial charge in [-0.05, 0) is 60.6 Å². The molecule has 4 nitrogen and oxygen atoms in total. The molecular formula is C24H29ClN2O2. The van der Waals surface area contributed by atoms with E-state index in [1.54, 1.807) is 0 Å². The van der Waals surface area contributed by atoms with Crippen LogP contribution in [0.2, 0.25) is 5.02 Å². The summed E-state index contributed by atoms with van der Waals surface area (Å²) in [6.07, 6.45) is 2.75. The number of nitrogens with one attached hydrogen (secondary N) is 1. The number of hydrogen-bond acceptors (Lipinski definition) is 2. The minimum absolute atomic E-state index is 0.0639. The van der Waals surface area contributed by atoms with E-state index < -0.39 is 0 Å². The molecule has 1 N–H and O–H groups in total. The van der Waals surface area contributed by atoms with Crippen LogP contribution in [-0.4, -0.2) is 35.8 Å². The van der Waals surface area contributed by atoms with Gasteiger partial charge in [0.15, 0.2) is 0 Å². The highest BCUT2D eigenvalue weighted by atomic mass is 35.5. The van der Waals surface area contributed by atoms with E-state index in [4.69, 9.17) is 11.6 Å². The van der Waals surface area contributed by atoms with Crippen LogP contribution in [0, 0.1) is 0 Å². The lowest BCUT2D eigenvalue weighted by Crippen LogP contribution is -2.46. The molecule has 0 saturated carbocycles. The second-order valence-corrected chi connectivity index (χ2v) is 8.47. The predicted octanol–water partition coefficient (Wildman–Crippen LogP) is 4.82. The van der Waals surface area contributed by atoms with E-state index in [-0.39, 0.29) is 17.9 Å². The summed E-state index contributed by atoms with van der Waals surface area (Å²) in [5.74, 6) is 0.597. The SMILES string of the molecule is CC(C)c1ccc(C(=O)N2CCC(NC(=O)CCc3ccc(Cl)cc3)CC2)cc1. The maximum Gasteiger partial charge on any atom is 0.253 e. The van der Waals surface area contributed by atoms with Crippen LogP contribution < -0.4 is 5.32 Å². The van der Waals surface area contributed by atoms with E-state index in [1.165, 1.54) is 5.56 Å². The van der Waals surface area contributed by atoms with Crippen LogP contribution in [0.4, 0.5) is 0 Å². The quantitative estimate of drug-likeness (QED) is 0.739. The van der Waals surface area contributed by atoms with Gasteiger partial charge in [0.1, 0.15) is 0 Å². The highest BCUT2D eigenvalue weighted by Crippen LogP contribution is 2.18. The number of nitrogens with zero attached hydrogens (tertiary/aromatic N) is 1. The van der Waals surface area contributed by atoms with Crippen molar-refractivity contribution in [3.63, 3.8) is 0 Å². The molecule has 1 saturated heterocycles. The molecule has 2 amide bonds. The number of carbonyl (C=O) groups is 2. The molecular weight excluding hydrogens is 384 g/mol. The smallest absolute Gasteiger partial charge is 0.253 e. The number of rotatable bonds is 6. The van der Waals surface area contributed by atoms with Crippen molar-refractivity contribution in [2.75, 3.05) is 13.1 Å². The predicted molar refractivity (Wildman–Crippen MR) is 117 cm³/mol. The third-order valence-corrected chi connectivity index (χ3v) is 5.78. The summed E-state index contributed by atoms with van der Waals surface area (Å²) in [6.45, 7) is 5.64. The van der Waals surface area contributed by atoms with Gasteiger partial charge in [-0.3, -0.25) is 9.59 Å². The minimum Gasteiger partial charge on any atom is -0.353 e. The average molecular weight is 413 g/mol. The summed E-state index contributed by atoms with van der Waals surface area (Å²) >= 11 is 5.89. The molecule has 3 rings (SSSR count). The van der Waals surface area contributed by atoms with Crippen LogP contribution in [0.5, 0.6) is 0 Å². The molecule has 0 radical (unpaired) electrons. The number of carbonyl (C=O) groups excluding carboxylic acids is 2. The number of amides is 2. The fourth-order valence-corrected chi connectivity index (χ4v) is 3.75. The largest absolute Gasteiger partial charge is 0.353 e. The van der Waals surface area contributed by atoms with Crippen molar-refractivity contribution in [1.29, 1.82) is 0 Å². The van der Waals surface area contributed by atoms with E-state index >= 15 is 0 Å². The van der Waals surface area contributed by atoms with E-state index in [9.17, 15) is 9.59 Å². The molecule has 1 fully saturated rings. The first-order valence-electron chi connectivity index (χ1n) is 10.4. The highest BCUT2D eigenvalue weighted by molar-refractivity contribution is 6.30. The number of piperidine rings is 1. The molecule has 1 aliphatic heterocycles. The van der Waals surface area contributed by atoms with Gasteiger partial charge in [-0.25, -0.2) is 0 Å². The van der Waals surface area contributed by atoms with Crippen molar-refractivity contribution in [2.24, 2.45) is 0 Å². The molecule has 0 aromatic heterocycles. The highest BCUT2D eigenvalue weighted by Gasteiger charge is 2.24. The number of aryl methyl sites for hydroxylation is 1. The lowest BCUT2D eigenvalue weighted by molar-refractivity contribution is -0.122. The van der Waals surface area contributed by atoms with Gasteiger partial charge in [-0.15, -0.1) is 0 Å². The molecule has 154 valence electrons. The fraction of sp³-hybridized carbons (Fsp3) is 0.417. The van der Waals surface area contributed by atoms with Crippen molar-refractivity contribution < 1.29 is 9.59 Å². The summed E-state index contributed by atoms with van der Waals surface area (Å²) in [6, 6.07) is 15.6. The summed E-state index contributed by atoms with van der Waals surface area (Å²) < 4.78 is 0. The Morgan fingerprint density at radius 1 is 1.03 bits per heavy atom. The maximum absolute atomic E-state index is 12.7. The summed E-state index contributed by atoms with van der Waals surface area (Å²) in [7, 11) is 0. The van der Waals surface area contributed by atoms with Gasteiger partial charge < -0.3 is 10.2 Å². The number of halogens is 1. The first-order valence-corrected chi connectivity index (χ1v) is 10.7. The molecule has 0 unspecified atom stereocenters. The van der Waals surface area contributed by atoms with Crippen LogP contribution in [0.25, 0.3) is 0 Å². The van der Waals surface area contributed by atoms with Gasteiger partial charge >= 0.3 is 0 Å². The van der Waals surface area contributed by atoms with Crippen molar-refractivity contribution in [3.05, 3.63) is 70.2 Å². The number of benzene rings is 2. The van der Waals surface area contributed by atoms with Gasteiger partial charge in [0.05, 0.1) is 0 Å². The third kappa shape index (κ3) is 6.07. The molecule has 2 aromatic carbocycles. The Labute approximate surface area is 178 Å². The second-order valence-electron chi connectivity index (χ2n) is 8.04. The first-order chi connectivity index (χ1) is 13.9. The standard InChI is InChI=1S/C24H29ClN2O2/c1-17(2)19-6-8-20(9-7-19)24(29)27-15-13-22(14-16-27)26-23(28)12-5-18-3-10-21(25)11-4-18/h3-4,6-11,17,22H,5,12-16H2,1-2H3,(H,26,28). The zero-order chi connectivity index (χ0) is 20.8. The lowest BCUT2D eigenvalue weighted by Gasteiger charge is -2.32. The van der Waals surface area contributed by atoms with Gasteiger partial charge in [-0.1, -0.05) is 49.7 Å². The fourth-order valence-electron chi connectivity index (χ4n) is 3.63. The Hall–Kier alpha value is -2.33. The second kappa shape index (κ2) is 9.93. The molecule has 1 aliphatic rings. The van der Waals surface area contributed by atoms with Crippen LogP contribution in [0.3, 0.4) is 0 Å². The lowest BCUT2D eigenvalue weighted by atomic mass is 10.00. The van der Waals surface area contributed by atoms with Crippen LogP contribution in [0.15, 0.2) is 48.5 Å². The van der Waals surface area contributed by atoms with Crippen LogP contribution in [-0.2, 0) is 11.2 Å². The third-order valence-electron chi connectivity index (χ3n) is 5.53. The molecule has 0 atom stereocenters. The molecule has 0 spiro atoms. The average Bonchev–Trinajstić information content (AvgIpc) is 2.73. The molecule has 2 aromatic rings. The number of likely N-dealkylation sites (tertiary alicyclic amines) is 1. The van der Waals surface area contributed by atoms with Crippen molar-refractivity contribution >= 4 is 23.4 Å². The minimum atomic E-state index is 0.0639. The Balaban J connectivity index is 1.43. The topological polar surface area (TPSA) is 49.4 Å². The van der Waals surface area contributed by atoms with Crippen LogP contribution in [0.1, 0.15) is 60.5 Å². The van der Waals surface area contributed by atoms with E-state index in [1.807, 2.05) is 53.4 Å². The zero-order valence-electron chi connectivity index (χ0n) is 17.2. The molecule has 5 heteroatoms. The normalized spacial score (nSPS) is 14.8. The molecule has 29 heavy (non-hydrogen) atoms. The van der Waals surface area contributed by atoms with E-state index in [0.29, 0.717) is 36.9 Å². The molecule has 0 bridgehead atoms. The van der Waals surface area contributed by atoms with Crippen molar-refractivity contribution in [3.8, 4) is 0 Å². The number of hydrogen-bond donors (Lipinski definition) is 1. The van der Waals surface area contributed by atoms with Crippen molar-refractivity contribution in [1.82, 2.24) is 10.2 Å². The maximum atomic E-state index is 12.7. The van der Waals surface area contributed by atoms with E-state index in [0.717, 1.165) is 24.0 Å². The Bertz CT molecular complexity index is 823. The Kier molecular flexibility index (Phi) is 7.32. The Morgan fingerprint density at radius 2 is 1.66 bits per heavy atom.